The summed E-state index contributed by atoms with van der Waals surface area (Å²) in [6.45, 7) is 1.94. The van der Waals surface area contributed by atoms with Gasteiger partial charge in [0, 0.05) is 16.6 Å². The molecule has 2 N–H and O–H groups in total. The van der Waals surface area contributed by atoms with Gasteiger partial charge in [0.1, 0.15) is 10.7 Å². The summed E-state index contributed by atoms with van der Waals surface area (Å²) in [5.41, 5.74) is 0.209. The number of halogens is 3. The molecule has 0 aliphatic carbocycles. The molecule has 0 atom stereocenters. The Labute approximate surface area is 190 Å². The Balaban J connectivity index is 1.55. The van der Waals surface area contributed by atoms with E-state index in [0.29, 0.717) is 5.01 Å². The van der Waals surface area contributed by atoms with Crippen LogP contribution in [-0.2, 0) is 6.18 Å². The van der Waals surface area contributed by atoms with Gasteiger partial charge < -0.3 is 15.1 Å². The zero-order valence-corrected chi connectivity index (χ0v) is 17.9. The van der Waals surface area contributed by atoms with Crippen LogP contribution in [-0.4, -0.2) is 16.8 Å². The van der Waals surface area contributed by atoms with E-state index in [1.165, 1.54) is 41.2 Å². The highest BCUT2D eigenvalue weighted by molar-refractivity contribution is 7.13. The Morgan fingerprint density at radius 1 is 1.00 bits per heavy atom. The number of rotatable bonds is 5. The Morgan fingerprint density at radius 2 is 1.76 bits per heavy atom. The molecule has 2 aromatic heterocycles. The lowest BCUT2D eigenvalue weighted by Gasteiger charge is -2.15. The highest BCUT2D eigenvalue weighted by atomic mass is 32.1. The first-order valence-corrected chi connectivity index (χ1v) is 10.5. The first kappa shape index (κ1) is 22.3. The third-order valence-electron chi connectivity index (χ3n) is 4.61. The van der Waals surface area contributed by atoms with Crippen molar-refractivity contribution in [3.63, 3.8) is 0 Å². The number of anilines is 2. The summed E-state index contributed by atoms with van der Waals surface area (Å²) in [5, 5.41) is 6.67. The smallest absolute Gasteiger partial charge is 0.418 e. The summed E-state index contributed by atoms with van der Waals surface area (Å²) in [6, 6.07) is 13.5. The molecule has 2 aromatic carbocycles. The van der Waals surface area contributed by atoms with Gasteiger partial charge in [-0.2, -0.15) is 13.2 Å². The van der Waals surface area contributed by atoms with Gasteiger partial charge in [0.2, 0.25) is 0 Å². The molecule has 33 heavy (non-hydrogen) atoms. The minimum Gasteiger partial charge on any atom is -0.459 e. The van der Waals surface area contributed by atoms with E-state index in [2.05, 4.69) is 15.6 Å². The van der Waals surface area contributed by atoms with Crippen LogP contribution in [0.15, 0.2) is 70.7 Å². The Bertz CT molecular complexity index is 1300. The molecule has 0 bridgehead atoms. The van der Waals surface area contributed by atoms with Crippen molar-refractivity contribution in [1.29, 1.82) is 0 Å². The van der Waals surface area contributed by atoms with Gasteiger partial charge in [-0.05, 0) is 37.3 Å². The summed E-state index contributed by atoms with van der Waals surface area (Å²) in [5.74, 6) is -1.52. The fourth-order valence-corrected chi connectivity index (χ4v) is 3.77. The van der Waals surface area contributed by atoms with E-state index in [1.807, 2.05) is 31.2 Å². The van der Waals surface area contributed by atoms with E-state index < -0.39 is 29.2 Å². The fourth-order valence-electron chi connectivity index (χ4n) is 2.96. The van der Waals surface area contributed by atoms with Crippen LogP contribution in [0.3, 0.4) is 0 Å². The molecule has 2 amide bonds. The van der Waals surface area contributed by atoms with Crippen molar-refractivity contribution in [2.24, 2.45) is 0 Å². The standard InChI is InChI=1S/C23H16F3N3O3S/c1-13-4-6-14(7-5-13)22-29-18(12-33-22)20(30)28-17-9-8-15(11-16(17)23(24,25)26)27-21(31)19-3-2-10-32-19/h2-12H,1H3,(H,27,31)(H,28,30). The SMILES string of the molecule is Cc1ccc(-c2nc(C(=O)Nc3ccc(NC(=O)c4ccco4)cc3C(F)(F)F)cs2)cc1. The second-order valence-electron chi connectivity index (χ2n) is 7.05. The number of alkyl halides is 3. The van der Waals surface area contributed by atoms with E-state index >= 15 is 0 Å². The molecule has 10 heteroatoms. The third-order valence-corrected chi connectivity index (χ3v) is 5.50. The molecule has 0 spiro atoms. The molecule has 0 saturated carbocycles. The van der Waals surface area contributed by atoms with E-state index in [4.69, 9.17) is 4.42 Å². The highest BCUT2D eigenvalue weighted by Crippen LogP contribution is 2.37. The van der Waals surface area contributed by atoms with Crippen molar-refractivity contribution < 1.29 is 27.2 Å². The number of aryl methyl sites for hydroxylation is 1. The van der Waals surface area contributed by atoms with Gasteiger partial charge in [0.05, 0.1) is 17.5 Å². The number of hydrogen-bond acceptors (Lipinski definition) is 5. The predicted octanol–water partition coefficient (Wildman–Crippen LogP) is 6.23. The monoisotopic (exact) mass is 471 g/mol. The van der Waals surface area contributed by atoms with Crippen LogP contribution in [0, 0.1) is 6.92 Å². The lowest BCUT2D eigenvalue weighted by molar-refractivity contribution is -0.136. The van der Waals surface area contributed by atoms with Crippen LogP contribution in [0.2, 0.25) is 0 Å². The number of carbonyl (C=O) groups excluding carboxylic acids is 2. The molecule has 168 valence electrons. The quantitative estimate of drug-likeness (QED) is 0.361. The number of carbonyl (C=O) groups is 2. The maximum Gasteiger partial charge on any atom is 0.418 e. The summed E-state index contributed by atoms with van der Waals surface area (Å²) in [6.07, 6.45) is -3.50. The molecule has 4 rings (SSSR count). The maximum atomic E-state index is 13.7. The maximum absolute atomic E-state index is 13.7. The minimum absolute atomic E-state index is 0.00102. The average molecular weight is 471 g/mol. The van der Waals surface area contributed by atoms with Crippen LogP contribution in [0.1, 0.15) is 32.2 Å². The second-order valence-corrected chi connectivity index (χ2v) is 7.91. The third kappa shape index (κ3) is 5.12. The van der Waals surface area contributed by atoms with Crippen LogP contribution in [0.5, 0.6) is 0 Å². The van der Waals surface area contributed by atoms with Crippen LogP contribution in [0.25, 0.3) is 10.6 Å². The first-order chi connectivity index (χ1) is 15.7. The predicted molar refractivity (Wildman–Crippen MR) is 118 cm³/mol. The van der Waals surface area contributed by atoms with Gasteiger partial charge in [-0.3, -0.25) is 9.59 Å². The molecular formula is C23H16F3N3O3S. The zero-order chi connectivity index (χ0) is 23.6. The minimum atomic E-state index is -4.77. The number of aromatic nitrogens is 1. The molecule has 0 aliphatic rings. The van der Waals surface area contributed by atoms with Gasteiger partial charge in [0.25, 0.3) is 11.8 Å². The van der Waals surface area contributed by atoms with Crippen LogP contribution < -0.4 is 10.6 Å². The summed E-state index contributed by atoms with van der Waals surface area (Å²) < 4.78 is 45.9. The van der Waals surface area contributed by atoms with E-state index in [-0.39, 0.29) is 17.1 Å². The van der Waals surface area contributed by atoms with Gasteiger partial charge in [-0.1, -0.05) is 29.8 Å². The lowest BCUT2D eigenvalue weighted by atomic mass is 10.1. The lowest BCUT2D eigenvalue weighted by Crippen LogP contribution is -2.18. The summed E-state index contributed by atoms with van der Waals surface area (Å²) >= 11 is 1.21. The van der Waals surface area contributed by atoms with E-state index in [1.54, 1.807) is 0 Å². The highest BCUT2D eigenvalue weighted by Gasteiger charge is 2.34. The Hall–Kier alpha value is -3.92. The fraction of sp³-hybridized carbons (Fsp3) is 0.0870. The molecule has 6 nitrogen and oxygen atoms in total. The first-order valence-electron chi connectivity index (χ1n) is 9.61. The second kappa shape index (κ2) is 8.91. The molecule has 0 unspecified atom stereocenters. The van der Waals surface area contributed by atoms with E-state index in [0.717, 1.165) is 23.3 Å². The number of nitrogens with zero attached hydrogens (tertiary/aromatic N) is 1. The Morgan fingerprint density at radius 3 is 2.42 bits per heavy atom. The van der Waals surface area contributed by atoms with Gasteiger partial charge in [-0.15, -0.1) is 11.3 Å². The molecule has 4 aromatic rings. The average Bonchev–Trinajstić information content (AvgIpc) is 3.47. The summed E-state index contributed by atoms with van der Waals surface area (Å²) in [7, 11) is 0. The number of furan rings is 1. The van der Waals surface area contributed by atoms with Crippen LogP contribution >= 0.6 is 11.3 Å². The molecule has 0 aliphatic heterocycles. The van der Waals surface area contributed by atoms with Gasteiger partial charge >= 0.3 is 6.18 Å². The number of benzene rings is 2. The number of nitrogens with one attached hydrogen (secondary N) is 2. The van der Waals surface area contributed by atoms with Gasteiger partial charge in [-0.25, -0.2) is 4.98 Å². The molecule has 0 fully saturated rings. The van der Waals surface area contributed by atoms with E-state index in [9.17, 15) is 22.8 Å². The van der Waals surface area contributed by atoms with Crippen molar-refractivity contribution in [3.05, 3.63) is 88.8 Å². The largest absolute Gasteiger partial charge is 0.459 e. The molecular weight excluding hydrogens is 455 g/mol. The molecule has 0 radical (unpaired) electrons. The molecule has 2 heterocycles. The molecule has 0 saturated heterocycles. The zero-order valence-electron chi connectivity index (χ0n) is 17.1. The topological polar surface area (TPSA) is 84.2 Å². The number of hydrogen-bond donors (Lipinski definition) is 2. The number of thiazole rings is 1. The van der Waals surface area contributed by atoms with Crippen molar-refractivity contribution in [1.82, 2.24) is 4.98 Å². The van der Waals surface area contributed by atoms with Crippen LogP contribution in [0.4, 0.5) is 24.5 Å². The van der Waals surface area contributed by atoms with Crippen molar-refractivity contribution in [2.75, 3.05) is 10.6 Å². The normalized spacial score (nSPS) is 11.3. The summed E-state index contributed by atoms with van der Waals surface area (Å²) in [4.78, 5) is 28.9. The van der Waals surface area contributed by atoms with Crippen molar-refractivity contribution in [3.8, 4) is 10.6 Å². The van der Waals surface area contributed by atoms with Crippen molar-refractivity contribution >= 4 is 34.5 Å². The number of amides is 2. The van der Waals surface area contributed by atoms with Gasteiger partial charge in [0.15, 0.2) is 5.76 Å². The Kier molecular flexibility index (Phi) is 6.01. The van der Waals surface area contributed by atoms with Crippen molar-refractivity contribution in [2.45, 2.75) is 13.1 Å².